The summed E-state index contributed by atoms with van der Waals surface area (Å²) in [6.07, 6.45) is -2.56. The number of amides is 1. The standard InChI is InChI=1S/C19H16F3N5O2.ClH/c1-10-16(24)27-19(9-29-10,18(21)22)13-6-12(3-4-14(13)20)26-17(28)15-5-2-11(7-23)8-25-15;/h2-6,8,10,18H,9H2,1H3,(H2,24,27)(H,26,28);1H/t10-,19+;/m1./s1. The van der Waals surface area contributed by atoms with Crippen molar-refractivity contribution in [2.24, 2.45) is 10.7 Å². The predicted octanol–water partition coefficient (Wildman–Crippen LogP) is 3.00. The quantitative estimate of drug-likeness (QED) is 0.760. The van der Waals surface area contributed by atoms with Crippen molar-refractivity contribution in [2.45, 2.75) is 25.0 Å². The van der Waals surface area contributed by atoms with E-state index in [2.05, 4.69) is 15.3 Å². The van der Waals surface area contributed by atoms with Crippen molar-refractivity contribution in [3.05, 3.63) is 59.2 Å². The summed E-state index contributed by atoms with van der Waals surface area (Å²) in [6.45, 7) is 0.976. The summed E-state index contributed by atoms with van der Waals surface area (Å²) in [7, 11) is 0. The van der Waals surface area contributed by atoms with E-state index in [0.29, 0.717) is 0 Å². The molecule has 0 saturated heterocycles. The molecule has 1 amide bonds. The van der Waals surface area contributed by atoms with Crippen LogP contribution in [-0.2, 0) is 10.3 Å². The van der Waals surface area contributed by atoms with Gasteiger partial charge in [-0.1, -0.05) is 0 Å². The third-order valence-electron chi connectivity index (χ3n) is 4.48. The van der Waals surface area contributed by atoms with E-state index in [1.165, 1.54) is 24.4 Å². The first-order chi connectivity index (χ1) is 13.8. The number of benzene rings is 1. The Morgan fingerprint density at radius 3 is 2.70 bits per heavy atom. The predicted molar refractivity (Wildman–Crippen MR) is 105 cm³/mol. The summed E-state index contributed by atoms with van der Waals surface area (Å²) in [6, 6.07) is 7.85. The number of amidine groups is 1. The van der Waals surface area contributed by atoms with Crippen LogP contribution < -0.4 is 11.1 Å². The third-order valence-corrected chi connectivity index (χ3v) is 4.48. The van der Waals surface area contributed by atoms with Crippen LogP contribution in [0.25, 0.3) is 0 Å². The van der Waals surface area contributed by atoms with Gasteiger partial charge in [0.1, 0.15) is 29.5 Å². The largest absolute Gasteiger partial charge is 0.385 e. The van der Waals surface area contributed by atoms with Crippen LogP contribution in [0.5, 0.6) is 0 Å². The molecule has 3 N–H and O–H groups in total. The molecular formula is C19H17ClF3N5O2. The van der Waals surface area contributed by atoms with Crippen LogP contribution in [0, 0.1) is 17.1 Å². The lowest BCUT2D eigenvalue weighted by Gasteiger charge is -2.35. The highest BCUT2D eigenvalue weighted by Crippen LogP contribution is 2.38. The first kappa shape index (κ1) is 23.1. The number of carbonyl (C=O) groups excluding carboxylic acids is 1. The van der Waals surface area contributed by atoms with Gasteiger partial charge in [-0.05, 0) is 37.3 Å². The van der Waals surface area contributed by atoms with Crippen LogP contribution in [0.3, 0.4) is 0 Å². The minimum atomic E-state index is -3.10. The Morgan fingerprint density at radius 1 is 1.40 bits per heavy atom. The third kappa shape index (κ3) is 4.37. The molecule has 0 fully saturated rings. The number of aliphatic imine (C=N–C) groups is 1. The van der Waals surface area contributed by atoms with Crippen LogP contribution >= 0.6 is 12.4 Å². The Morgan fingerprint density at radius 2 is 2.13 bits per heavy atom. The number of anilines is 1. The number of aromatic nitrogens is 1. The highest BCUT2D eigenvalue weighted by molar-refractivity contribution is 6.02. The number of nitriles is 1. The summed E-state index contributed by atoms with van der Waals surface area (Å²) in [4.78, 5) is 20.0. The number of nitrogens with two attached hydrogens (primary N) is 1. The number of carbonyl (C=O) groups is 1. The zero-order chi connectivity index (χ0) is 21.2. The highest BCUT2D eigenvalue weighted by atomic mass is 35.5. The Kier molecular flexibility index (Phi) is 7.02. The zero-order valence-electron chi connectivity index (χ0n) is 15.6. The van der Waals surface area contributed by atoms with E-state index >= 15 is 0 Å². The van der Waals surface area contributed by atoms with Crippen LogP contribution in [0.4, 0.5) is 18.9 Å². The summed E-state index contributed by atoms with van der Waals surface area (Å²) in [5.74, 6) is -1.77. The minimum Gasteiger partial charge on any atom is -0.385 e. The zero-order valence-corrected chi connectivity index (χ0v) is 16.4. The van der Waals surface area contributed by atoms with E-state index in [9.17, 15) is 18.0 Å². The van der Waals surface area contributed by atoms with E-state index in [-0.39, 0.29) is 35.2 Å². The fourth-order valence-electron chi connectivity index (χ4n) is 2.78. The number of rotatable bonds is 4. The van der Waals surface area contributed by atoms with Crippen LogP contribution in [0.1, 0.15) is 28.5 Å². The first-order valence-electron chi connectivity index (χ1n) is 8.49. The van der Waals surface area contributed by atoms with E-state index in [1.807, 2.05) is 6.07 Å². The number of nitrogens with zero attached hydrogens (tertiary/aromatic N) is 3. The Labute approximate surface area is 176 Å². The molecule has 1 aliphatic heterocycles. The molecule has 7 nitrogen and oxygen atoms in total. The van der Waals surface area contributed by atoms with Gasteiger partial charge in [0.25, 0.3) is 12.3 Å². The molecule has 0 saturated carbocycles. The maximum absolute atomic E-state index is 14.5. The van der Waals surface area contributed by atoms with Crippen molar-refractivity contribution in [3.8, 4) is 6.07 Å². The first-order valence-corrected chi connectivity index (χ1v) is 8.49. The number of alkyl halides is 2. The number of hydrogen-bond acceptors (Lipinski definition) is 6. The molecular weight excluding hydrogens is 423 g/mol. The average Bonchev–Trinajstić information content (AvgIpc) is 2.71. The molecule has 11 heteroatoms. The van der Waals surface area contributed by atoms with Gasteiger partial charge in [-0.2, -0.15) is 5.26 Å². The molecule has 0 aliphatic carbocycles. The maximum atomic E-state index is 14.5. The van der Waals surface area contributed by atoms with Gasteiger partial charge in [-0.3, -0.25) is 9.79 Å². The van der Waals surface area contributed by atoms with Crippen LogP contribution in [0.2, 0.25) is 0 Å². The van der Waals surface area contributed by atoms with Gasteiger partial charge < -0.3 is 15.8 Å². The normalized spacial score (nSPS) is 20.7. The number of hydrogen-bond donors (Lipinski definition) is 2. The van der Waals surface area contributed by atoms with Gasteiger partial charge >= 0.3 is 0 Å². The Balaban J connectivity index is 0.00000320. The van der Waals surface area contributed by atoms with Gasteiger partial charge in [0.2, 0.25) is 0 Å². The summed E-state index contributed by atoms with van der Waals surface area (Å²) in [5.41, 5.74) is 3.22. The fourth-order valence-corrected chi connectivity index (χ4v) is 2.78. The molecule has 1 aliphatic rings. The van der Waals surface area contributed by atoms with E-state index in [4.69, 9.17) is 15.7 Å². The van der Waals surface area contributed by atoms with Crippen molar-refractivity contribution in [2.75, 3.05) is 11.9 Å². The van der Waals surface area contributed by atoms with Crippen molar-refractivity contribution < 1.29 is 22.7 Å². The molecule has 1 aromatic heterocycles. The molecule has 2 aromatic rings. The topological polar surface area (TPSA) is 113 Å². The Bertz CT molecular complexity index is 1010. The van der Waals surface area contributed by atoms with Crippen LogP contribution in [-0.4, -0.2) is 35.9 Å². The SMILES string of the molecule is C[C@H]1OC[C@](c2cc(NC(=O)c3ccc(C#N)cn3)ccc2F)(C(F)F)N=C1N.Cl. The van der Waals surface area contributed by atoms with E-state index in [1.54, 1.807) is 6.92 Å². The number of halogens is 4. The lowest BCUT2D eigenvalue weighted by Crippen LogP contribution is -2.48. The van der Waals surface area contributed by atoms with Crippen molar-refractivity contribution in [1.82, 2.24) is 4.98 Å². The van der Waals surface area contributed by atoms with Crippen molar-refractivity contribution in [1.29, 1.82) is 5.26 Å². The molecule has 2 heterocycles. The smallest absolute Gasteiger partial charge is 0.274 e. The molecule has 30 heavy (non-hydrogen) atoms. The number of pyridine rings is 1. The number of ether oxygens (including phenoxy) is 1. The molecule has 0 unspecified atom stereocenters. The Hall–Kier alpha value is -3.16. The molecule has 3 rings (SSSR count). The molecule has 1 aromatic carbocycles. The monoisotopic (exact) mass is 439 g/mol. The second-order valence-electron chi connectivity index (χ2n) is 6.41. The van der Waals surface area contributed by atoms with Crippen molar-refractivity contribution in [3.63, 3.8) is 0 Å². The second-order valence-corrected chi connectivity index (χ2v) is 6.41. The van der Waals surface area contributed by atoms with Gasteiger partial charge in [0, 0.05) is 17.4 Å². The second kappa shape index (κ2) is 9.11. The van der Waals surface area contributed by atoms with E-state index in [0.717, 1.165) is 12.1 Å². The minimum absolute atomic E-state index is 0. The van der Waals surface area contributed by atoms with Gasteiger partial charge in [0.05, 0.1) is 12.2 Å². The summed E-state index contributed by atoms with van der Waals surface area (Å²) >= 11 is 0. The molecule has 0 radical (unpaired) electrons. The highest BCUT2D eigenvalue weighted by Gasteiger charge is 2.47. The molecule has 158 valence electrons. The lowest BCUT2D eigenvalue weighted by molar-refractivity contribution is -0.0340. The maximum Gasteiger partial charge on any atom is 0.274 e. The fraction of sp³-hybridized carbons (Fsp3) is 0.263. The van der Waals surface area contributed by atoms with Crippen LogP contribution in [0.15, 0.2) is 41.5 Å². The van der Waals surface area contributed by atoms with Gasteiger partial charge in [0.15, 0.2) is 5.54 Å². The average molecular weight is 440 g/mol. The molecule has 0 spiro atoms. The summed E-state index contributed by atoms with van der Waals surface area (Å²) in [5, 5.41) is 11.2. The van der Waals surface area contributed by atoms with Crippen molar-refractivity contribution >= 4 is 29.8 Å². The summed E-state index contributed by atoms with van der Waals surface area (Å²) < 4.78 is 47.6. The molecule has 2 atom stereocenters. The number of nitrogens with one attached hydrogen (secondary N) is 1. The lowest BCUT2D eigenvalue weighted by atomic mass is 9.89. The van der Waals surface area contributed by atoms with Gasteiger partial charge in [-0.15, -0.1) is 12.4 Å². The van der Waals surface area contributed by atoms with E-state index < -0.39 is 42.0 Å². The van der Waals surface area contributed by atoms with Gasteiger partial charge in [-0.25, -0.2) is 18.2 Å². The molecule has 0 bridgehead atoms.